The van der Waals surface area contributed by atoms with Crippen LogP contribution < -0.4 is 5.32 Å². The van der Waals surface area contributed by atoms with E-state index in [4.69, 9.17) is 5.11 Å². The molecule has 0 fully saturated rings. The molecule has 0 aliphatic heterocycles. The molecule has 1 rings (SSSR count). The highest BCUT2D eigenvalue weighted by Gasteiger charge is 2.16. The van der Waals surface area contributed by atoms with E-state index >= 15 is 0 Å². The zero-order valence-electron chi connectivity index (χ0n) is 7.76. The van der Waals surface area contributed by atoms with E-state index < -0.39 is 23.1 Å². The number of aliphatic hydroxyl groups excluding tert-OH is 1. The number of rotatable bonds is 3. The maximum atomic E-state index is 13.0. The van der Waals surface area contributed by atoms with Crippen molar-refractivity contribution in [3.63, 3.8) is 0 Å². The summed E-state index contributed by atoms with van der Waals surface area (Å²) in [7, 11) is 0. The summed E-state index contributed by atoms with van der Waals surface area (Å²) in [4.78, 5) is 11.2. The number of nitrogens with one attached hydrogen (secondary N) is 1. The predicted octanol–water partition coefficient (Wildman–Crippen LogP) is 1.77. The number of carbonyl (C=O) groups is 1. The van der Waals surface area contributed by atoms with Crippen molar-refractivity contribution in [1.82, 2.24) is 5.32 Å². The van der Waals surface area contributed by atoms with E-state index in [1.807, 2.05) is 0 Å². The lowest BCUT2D eigenvalue weighted by atomic mass is 10.2. The first kappa shape index (κ1) is 11.2. The van der Waals surface area contributed by atoms with Crippen molar-refractivity contribution in [3.8, 4) is 0 Å². The monoisotopic (exact) mass is 213 g/mol. The minimum atomic E-state index is -0.948. The second-order valence-electron chi connectivity index (χ2n) is 2.85. The Morgan fingerprint density at radius 2 is 1.93 bits per heavy atom. The van der Waals surface area contributed by atoms with Crippen LogP contribution in [0.2, 0.25) is 0 Å². The lowest BCUT2D eigenvalue weighted by Crippen LogP contribution is -2.27. The summed E-state index contributed by atoms with van der Waals surface area (Å²) >= 11 is 0. The number of amides is 1. The van der Waals surface area contributed by atoms with E-state index in [1.165, 1.54) is 0 Å². The normalized spacial score (nSPS) is 9.73. The second-order valence-corrected chi connectivity index (χ2v) is 2.85. The zero-order valence-corrected chi connectivity index (χ0v) is 7.76. The molecule has 5 heteroatoms. The van der Waals surface area contributed by atoms with Crippen LogP contribution >= 0.6 is 0 Å². The summed E-state index contributed by atoms with van der Waals surface area (Å²) in [6, 6.07) is 3.12. The number of aliphatic hydroxyl groups is 1. The lowest BCUT2D eigenvalue weighted by molar-refractivity contribution is 0.0944. The van der Waals surface area contributed by atoms with Crippen molar-refractivity contribution in [2.45, 2.75) is 0 Å². The van der Waals surface area contributed by atoms with Crippen molar-refractivity contribution < 1.29 is 18.7 Å². The average Bonchev–Trinajstić information content (AvgIpc) is 2.14. The third kappa shape index (κ3) is 2.77. The Labute approximate surface area is 85.0 Å². The molecule has 0 atom stereocenters. The Morgan fingerprint density at radius 1 is 1.40 bits per heavy atom. The number of benzene rings is 1. The van der Waals surface area contributed by atoms with Crippen LogP contribution in [0.15, 0.2) is 30.5 Å². The van der Waals surface area contributed by atoms with Crippen LogP contribution in [0.25, 0.3) is 0 Å². The Balaban J connectivity index is 2.86. The SMILES string of the molecule is C=C(O)CNC(=O)c1c(F)cccc1F. The number of hydrogen-bond donors (Lipinski definition) is 2. The zero-order chi connectivity index (χ0) is 11.4. The Bertz CT molecular complexity index is 384. The van der Waals surface area contributed by atoms with Crippen LogP contribution in [0.5, 0.6) is 0 Å². The van der Waals surface area contributed by atoms with Crippen molar-refractivity contribution >= 4 is 5.91 Å². The molecule has 2 N–H and O–H groups in total. The quantitative estimate of drug-likeness (QED) is 0.752. The van der Waals surface area contributed by atoms with Crippen molar-refractivity contribution in [3.05, 3.63) is 47.7 Å². The molecule has 3 nitrogen and oxygen atoms in total. The van der Waals surface area contributed by atoms with E-state index in [2.05, 4.69) is 11.9 Å². The summed E-state index contributed by atoms with van der Waals surface area (Å²) in [5.74, 6) is -3.12. The van der Waals surface area contributed by atoms with E-state index in [0.717, 1.165) is 18.2 Å². The van der Waals surface area contributed by atoms with Crippen LogP contribution in [0, 0.1) is 11.6 Å². The van der Waals surface area contributed by atoms with Crippen LogP contribution in [0.1, 0.15) is 10.4 Å². The van der Waals surface area contributed by atoms with E-state index in [-0.39, 0.29) is 12.3 Å². The highest BCUT2D eigenvalue weighted by atomic mass is 19.1. The molecule has 0 spiro atoms. The molecular formula is C10H9F2NO2. The molecule has 80 valence electrons. The van der Waals surface area contributed by atoms with Crippen LogP contribution in [0.4, 0.5) is 8.78 Å². The van der Waals surface area contributed by atoms with Gasteiger partial charge in [0.15, 0.2) is 0 Å². The largest absolute Gasteiger partial charge is 0.511 e. The fourth-order valence-electron chi connectivity index (χ4n) is 0.985. The van der Waals surface area contributed by atoms with Crippen molar-refractivity contribution in [2.24, 2.45) is 0 Å². The van der Waals surface area contributed by atoms with Gasteiger partial charge in [0, 0.05) is 0 Å². The second kappa shape index (κ2) is 4.54. The first-order valence-electron chi connectivity index (χ1n) is 4.11. The highest BCUT2D eigenvalue weighted by molar-refractivity contribution is 5.94. The lowest BCUT2D eigenvalue weighted by Gasteiger charge is -2.05. The van der Waals surface area contributed by atoms with E-state index in [1.54, 1.807) is 0 Å². The molecule has 0 aromatic heterocycles. The Morgan fingerprint density at radius 3 is 2.40 bits per heavy atom. The molecule has 0 heterocycles. The third-order valence-corrected chi connectivity index (χ3v) is 1.64. The summed E-state index contributed by atoms with van der Waals surface area (Å²) in [5, 5.41) is 10.8. The summed E-state index contributed by atoms with van der Waals surface area (Å²) < 4.78 is 26.1. The molecule has 0 saturated heterocycles. The van der Waals surface area contributed by atoms with Crippen molar-refractivity contribution in [1.29, 1.82) is 0 Å². The minimum absolute atomic E-state index is 0.243. The molecule has 0 saturated carbocycles. The summed E-state index contributed by atoms with van der Waals surface area (Å²) in [5.41, 5.74) is -0.668. The van der Waals surface area contributed by atoms with Gasteiger partial charge in [-0.05, 0) is 12.1 Å². The summed E-state index contributed by atoms with van der Waals surface area (Å²) in [6.45, 7) is 2.88. The third-order valence-electron chi connectivity index (χ3n) is 1.64. The van der Waals surface area contributed by atoms with E-state index in [0.29, 0.717) is 0 Å². The van der Waals surface area contributed by atoms with Crippen LogP contribution in [-0.2, 0) is 0 Å². The van der Waals surface area contributed by atoms with Gasteiger partial charge in [-0.15, -0.1) is 0 Å². The first-order chi connectivity index (χ1) is 7.02. The smallest absolute Gasteiger partial charge is 0.257 e. The standard InChI is InChI=1S/C10H9F2NO2/c1-6(14)5-13-10(15)9-7(11)3-2-4-8(9)12/h2-4,14H,1,5H2,(H,13,15). The molecule has 0 aliphatic carbocycles. The average molecular weight is 213 g/mol. The number of carbonyl (C=O) groups excluding carboxylic acids is 1. The molecule has 1 aromatic rings. The Kier molecular flexibility index (Phi) is 3.38. The predicted molar refractivity (Wildman–Crippen MR) is 50.5 cm³/mol. The molecule has 0 bridgehead atoms. The van der Waals surface area contributed by atoms with Crippen molar-refractivity contribution in [2.75, 3.05) is 6.54 Å². The van der Waals surface area contributed by atoms with Gasteiger partial charge in [-0.1, -0.05) is 12.6 Å². The molecule has 1 amide bonds. The van der Waals surface area contributed by atoms with Gasteiger partial charge in [0.2, 0.25) is 0 Å². The summed E-state index contributed by atoms with van der Waals surface area (Å²) in [6.07, 6.45) is 0. The first-order valence-corrected chi connectivity index (χ1v) is 4.11. The molecule has 1 aromatic carbocycles. The van der Waals surface area contributed by atoms with Gasteiger partial charge in [0.25, 0.3) is 5.91 Å². The van der Waals surface area contributed by atoms with Crippen LogP contribution in [0.3, 0.4) is 0 Å². The maximum absolute atomic E-state index is 13.0. The van der Waals surface area contributed by atoms with Crippen LogP contribution in [-0.4, -0.2) is 17.6 Å². The van der Waals surface area contributed by atoms with E-state index in [9.17, 15) is 13.6 Å². The van der Waals surface area contributed by atoms with Gasteiger partial charge in [-0.2, -0.15) is 0 Å². The highest BCUT2D eigenvalue weighted by Crippen LogP contribution is 2.11. The molecule has 0 radical (unpaired) electrons. The molecule has 0 unspecified atom stereocenters. The molecule has 15 heavy (non-hydrogen) atoms. The Hall–Kier alpha value is -1.91. The van der Waals surface area contributed by atoms with Gasteiger partial charge in [-0.25, -0.2) is 8.78 Å². The number of halogens is 2. The minimum Gasteiger partial charge on any atom is -0.511 e. The topological polar surface area (TPSA) is 49.3 Å². The fraction of sp³-hybridized carbons (Fsp3) is 0.100. The van der Waals surface area contributed by atoms with Gasteiger partial charge in [0.1, 0.15) is 23.0 Å². The number of hydrogen-bond acceptors (Lipinski definition) is 2. The van der Waals surface area contributed by atoms with Gasteiger partial charge >= 0.3 is 0 Å². The maximum Gasteiger partial charge on any atom is 0.257 e. The fourth-order valence-corrected chi connectivity index (χ4v) is 0.985. The van der Waals surface area contributed by atoms with Gasteiger partial charge in [-0.3, -0.25) is 4.79 Å². The van der Waals surface area contributed by atoms with Gasteiger partial charge < -0.3 is 10.4 Å². The molecular weight excluding hydrogens is 204 g/mol. The van der Waals surface area contributed by atoms with Gasteiger partial charge in [0.05, 0.1) is 6.54 Å². The molecule has 0 aliphatic rings.